The van der Waals surface area contributed by atoms with Crippen LogP contribution in [0.25, 0.3) is 0 Å². The number of hydrogen-bond acceptors (Lipinski definition) is 3. The van der Waals surface area contributed by atoms with E-state index in [9.17, 15) is 0 Å². The molecular weight excluding hydrogens is 228 g/mol. The van der Waals surface area contributed by atoms with Crippen LogP contribution in [0.3, 0.4) is 0 Å². The molecule has 4 heteroatoms. The van der Waals surface area contributed by atoms with Crippen molar-refractivity contribution in [2.24, 2.45) is 0 Å². The van der Waals surface area contributed by atoms with Crippen LogP contribution in [0.15, 0.2) is 48.7 Å². The first kappa shape index (κ1) is 10.9. The Bertz CT molecular complexity index is 516. The number of pyridine rings is 1. The second-order valence-electron chi connectivity index (χ2n) is 4.15. The van der Waals surface area contributed by atoms with E-state index in [0.29, 0.717) is 13.2 Å². The summed E-state index contributed by atoms with van der Waals surface area (Å²) in [5.74, 6) is 2.60. The van der Waals surface area contributed by atoms with Crippen molar-refractivity contribution in [3.8, 4) is 11.5 Å². The number of anilines is 1. The van der Waals surface area contributed by atoms with Crippen LogP contribution in [0.1, 0.15) is 0 Å². The molecule has 2 heterocycles. The molecule has 2 aromatic rings. The molecule has 18 heavy (non-hydrogen) atoms. The van der Waals surface area contributed by atoms with Gasteiger partial charge in [0.2, 0.25) is 0 Å². The molecule has 0 fully saturated rings. The molecule has 0 bridgehead atoms. The molecule has 1 aromatic carbocycles. The van der Waals surface area contributed by atoms with Crippen molar-refractivity contribution in [2.45, 2.75) is 6.10 Å². The number of benzene rings is 1. The molecule has 1 aliphatic rings. The van der Waals surface area contributed by atoms with Gasteiger partial charge in [-0.25, -0.2) is 4.98 Å². The molecule has 0 amide bonds. The van der Waals surface area contributed by atoms with Crippen LogP contribution < -0.4 is 19.8 Å². The molecule has 1 aromatic heterocycles. The van der Waals surface area contributed by atoms with Crippen LogP contribution in [0.5, 0.6) is 11.5 Å². The Morgan fingerprint density at radius 1 is 1.11 bits per heavy atom. The average Bonchev–Trinajstić information content (AvgIpc) is 2.46. The molecule has 0 aliphatic carbocycles. The second-order valence-corrected chi connectivity index (χ2v) is 4.15. The highest BCUT2D eigenvalue weighted by molar-refractivity contribution is 5.41. The monoisotopic (exact) mass is 243 g/mol. The minimum absolute atomic E-state index is 0.0218. The molecule has 0 saturated carbocycles. The van der Waals surface area contributed by atoms with Crippen LogP contribution in [0, 0.1) is 0 Å². The van der Waals surface area contributed by atoms with Gasteiger partial charge in [-0.3, -0.25) is 5.32 Å². The van der Waals surface area contributed by atoms with Gasteiger partial charge in [-0.2, -0.15) is 0 Å². The number of nitrogens with one attached hydrogen (secondary N) is 2. The highest BCUT2D eigenvalue weighted by Gasteiger charge is 2.21. The number of fused-ring (bicyclic) bond motifs is 1. The zero-order valence-electron chi connectivity index (χ0n) is 9.93. The summed E-state index contributed by atoms with van der Waals surface area (Å²) in [4.78, 5) is 3.12. The SMILES string of the molecule is c1ccc(NC[C@@H]2COc3ccccc3O2)[nH+]c1. The predicted molar refractivity (Wildman–Crippen MR) is 67.8 cm³/mol. The van der Waals surface area contributed by atoms with Crippen molar-refractivity contribution in [3.05, 3.63) is 48.7 Å². The Labute approximate surface area is 106 Å². The summed E-state index contributed by atoms with van der Waals surface area (Å²) in [7, 11) is 0. The number of aromatic nitrogens is 1. The van der Waals surface area contributed by atoms with Gasteiger partial charge in [0, 0.05) is 6.07 Å². The van der Waals surface area contributed by atoms with Gasteiger partial charge in [-0.05, 0) is 18.2 Å². The zero-order chi connectivity index (χ0) is 12.2. The van der Waals surface area contributed by atoms with E-state index in [-0.39, 0.29) is 6.10 Å². The minimum Gasteiger partial charge on any atom is -0.486 e. The van der Waals surface area contributed by atoms with Crippen LogP contribution >= 0.6 is 0 Å². The maximum absolute atomic E-state index is 5.85. The summed E-state index contributed by atoms with van der Waals surface area (Å²) in [6.07, 6.45) is 1.91. The van der Waals surface area contributed by atoms with E-state index >= 15 is 0 Å². The van der Waals surface area contributed by atoms with Crippen LogP contribution in [-0.2, 0) is 0 Å². The third-order valence-electron chi connectivity index (χ3n) is 2.80. The maximum atomic E-state index is 5.85. The minimum atomic E-state index is 0.0218. The lowest BCUT2D eigenvalue weighted by Gasteiger charge is -2.25. The molecule has 3 rings (SSSR count). The molecule has 0 spiro atoms. The topological polar surface area (TPSA) is 44.6 Å². The predicted octanol–water partition coefficient (Wildman–Crippen LogP) is 1.75. The molecule has 2 N–H and O–H groups in total. The number of rotatable bonds is 3. The van der Waals surface area contributed by atoms with Gasteiger partial charge in [0.15, 0.2) is 17.6 Å². The number of aromatic amines is 1. The Morgan fingerprint density at radius 2 is 1.94 bits per heavy atom. The summed E-state index contributed by atoms with van der Waals surface area (Å²) < 4.78 is 11.5. The number of hydrogen-bond donors (Lipinski definition) is 1. The Hall–Kier alpha value is -2.23. The summed E-state index contributed by atoms with van der Waals surface area (Å²) in [6.45, 7) is 1.27. The Morgan fingerprint density at radius 3 is 2.78 bits per heavy atom. The Balaban J connectivity index is 1.60. The van der Waals surface area contributed by atoms with E-state index in [0.717, 1.165) is 17.3 Å². The molecule has 1 atom stereocenters. The first-order chi connectivity index (χ1) is 8.92. The van der Waals surface area contributed by atoms with Gasteiger partial charge in [-0.15, -0.1) is 0 Å². The standard InChI is InChI=1S/C14H14N2O2/c1-2-6-13-12(5-1)17-10-11(18-13)9-16-14-7-3-4-8-15-14/h1-8,11H,9-10H2,(H,15,16)/p+1/t11-/m1/s1. The van der Waals surface area contributed by atoms with Crippen molar-refractivity contribution >= 4 is 5.82 Å². The fraction of sp³-hybridized carbons (Fsp3) is 0.214. The molecule has 4 nitrogen and oxygen atoms in total. The van der Waals surface area contributed by atoms with E-state index in [4.69, 9.17) is 9.47 Å². The van der Waals surface area contributed by atoms with E-state index in [1.807, 2.05) is 48.7 Å². The largest absolute Gasteiger partial charge is 0.486 e. The number of para-hydroxylation sites is 2. The van der Waals surface area contributed by atoms with E-state index in [1.54, 1.807) is 0 Å². The molecule has 0 radical (unpaired) electrons. The third-order valence-corrected chi connectivity index (χ3v) is 2.80. The average molecular weight is 243 g/mol. The highest BCUT2D eigenvalue weighted by atomic mass is 16.6. The van der Waals surface area contributed by atoms with Crippen molar-refractivity contribution in [3.63, 3.8) is 0 Å². The van der Waals surface area contributed by atoms with Crippen LogP contribution in [-0.4, -0.2) is 19.3 Å². The molecular formula is C14H15N2O2+. The summed E-state index contributed by atoms with van der Waals surface area (Å²) in [5, 5.41) is 3.28. The van der Waals surface area contributed by atoms with Gasteiger partial charge in [0.25, 0.3) is 5.82 Å². The van der Waals surface area contributed by atoms with E-state index in [2.05, 4.69) is 10.3 Å². The molecule has 1 aliphatic heterocycles. The number of H-pyrrole nitrogens is 1. The summed E-state index contributed by atoms with van der Waals surface area (Å²) >= 11 is 0. The molecule has 92 valence electrons. The zero-order valence-corrected chi connectivity index (χ0v) is 9.93. The second kappa shape index (κ2) is 4.96. The first-order valence-electron chi connectivity index (χ1n) is 6.01. The lowest BCUT2D eigenvalue weighted by molar-refractivity contribution is -0.361. The fourth-order valence-electron chi connectivity index (χ4n) is 1.89. The molecule has 0 saturated heterocycles. The van der Waals surface area contributed by atoms with Gasteiger partial charge >= 0.3 is 0 Å². The lowest BCUT2D eigenvalue weighted by atomic mass is 10.2. The maximum Gasteiger partial charge on any atom is 0.272 e. The normalized spacial score (nSPS) is 17.2. The number of ether oxygens (including phenoxy) is 2. The van der Waals surface area contributed by atoms with Gasteiger partial charge < -0.3 is 9.47 Å². The Kier molecular flexibility index (Phi) is 3.00. The van der Waals surface area contributed by atoms with Crippen molar-refractivity contribution in [1.29, 1.82) is 0 Å². The van der Waals surface area contributed by atoms with E-state index < -0.39 is 0 Å². The van der Waals surface area contributed by atoms with Gasteiger partial charge in [0.1, 0.15) is 13.2 Å². The van der Waals surface area contributed by atoms with Gasteiger partial charge in [-0.1, -0.05) is 18.2 Å². The van der Waals surface area contributed by atoms with Crippen molar-refractivity contribution in [2.75, 3.05) is 18.5 Å². The first-order valence-corrected chi connectivity index (χ1v) is 6.01. The quantitative estimate of drug-likeness (QED) is 0.893. The van der Waals surface area contributed by atoms with Gasteiger partial charge in [0.05, 0.1) is 6.20 Å². The smallest absolute Gasteiger partial charge is 0.272 e. The summed E-state index contributed by atoms with van der Waals surface area (Å²) in [6, 6.07) is 13.6. The van der Waals surface area contributed by atoms with E-state index in [1.165, 1.54) is 0 Å². The summed E-state index contributed by atoms with van der Waals surface area (Å²) in [5.41, 5.74) is 0. The lowest BCUT2D eigenvalue weighted by Crippen LogP contribution is -2.36. The van der Waals surface area contributed by atoms with Crippen LogP contribution in [0.4, 0.5) is 5.82 Å². The molecule has 0 unspecified atom stereocenters. The fourth-order valence-corrected chi connectivity index (χ4v) is 1.89. The van der Waals surface area contributed by atoms with Crippen molar-refractivity contribution < 1.29 is 14.5 Å². The van der Waals surface area contributed by atoms with Crippen LogP contribution in [0.2, 0.25) is 0 Å². The van der Waals surface area contributed by atoms with Crippen molar-refractivity contribution in [1.82, 2.24) is 0 Å². The third kappa shape index (κ3) is 2.37. The highest BCUT2D eigenvalue weighted by Crippen LogP contribution is 2.30.